The molecular formula is C11H13ClN4S. The summed E-state index contributed by atoms with van der Waals surface area (Å²) in [5, 5.41) is 7.67. The van der Waals surface area contributed by atoms with Crippen molar-refractivity contribution in [3.8, 4) is 0 Å². The second kappa shape index (κ2) is 5.53. The lowest BCUT2D eigenvalue weighted by Gasteiger charge is -1.99. The molecule has 1 heterocycles. The van der Waals surface area contributed by atoms with Gasteiger partial charge >= 0.3 is 0 Å². The zero-order valence-electron chi connectivity index (χ0n) is 9.35. The zero-order valence-corrected chi connectivity index (χ0v) is 10.9. The first-order chi connectivity index (χ1) is 8.15. The molecule has 0 aliphatic rings. The molecule has 2 aromatic rings. The number of nitrogens with two attached hydrogens (primary N) is 1. The van der Waals surface area contributed by atoms with Gasteiger partial charge in [-0.15, -0.1) is 11.8 Å². The van der Waals surface area contributed by atoms with Gasteiger partial charge in [-0.25, -0.2) is 4.98 Å². The van der Waals surface area contributed by atoms with E-state index in [4.69, 9.17) is 17.3 Å². The van der Waals surface area contributed by atoms with E-state index in [0.29, 0.717) is 5.82 Å². The summed E-state index contributed by atoms with van der Waals surface area (Å²) < 4.78 is 0. The Bertz CT molecular complexity index is 480. The third-order valence-electron chi connectivity index (χ3n) is 2.15. The number of aromatic amines is 1. The van der Waals surface area contributed by atoms with E-state index in [1.54, 1.807) is 11.8 Å². The van der Waals surface area contributed by atoms with Crippen LogP contribution in [0.4, 0.5) is 0 Å². The molecule has 1 atom stereocenters. The van der Waals surface area contributed by atoms with Gasteiger partial charge in [-0.05, 0) is 31.2 Å². The number of hydrogen-bond acceptors (Lipinski definition) is 4. The summed E-state index contributed by atoms with van der Waals surface area (Å²) in [6, 6.07) is 7.57. The van der Waals surface area contributed by atoms with Gasteiger partial charge in [0.2, 0.25) is 0 Å². The van der Waals surface area contributed by atoms with Gasteiger partial charge < -0.3 is 5.73 Å². The molecule has 1 aromatic heterocycles. The van der Waals surface area contributed by atoms with Crippen molar-refractivity contribution in [2.45, 2.75) is 23.6 Å². The van der Waals surface area contributed by atoms with Crippen LogP contribution in [-0.2, 0) is 5.75 Å². The number of hydrogen-bond donors (Lipinski definition) is 2. The maximum absolute atomic E-state index is 5.82. The van der Waals surface area contributed by atoms with Gasteiger partial charge in [0.15, 0.2) is 5.82 Å². The van der Waals surface area contributed by atoms with Crippen LogP contribution in [0.3, 0.4) is 0 Å². The molecule has 3 N–H and O–H groups in total. The van der Waals surface area contributed by atoms with E-state index in [9.17, 15) is 0 Å². The Morgan fingerprint density at radius 1 is 1.41 bits per heavy atom. The molecular weight excluding hydrogens is 256 g/mol. The van der Waals surface area contributed by atoms with E-state index in [0.717, 1.165) is 21.5 Å². The molecule has 6 heteroatoms. The van der Waals surface area contributed by atoms with E-state index in [1.165, 1.54) is 0 Å². The van der Waals surface area contributed by atoms with Crippen molar-refractivity contribution in [3.63, 3.8) is 0 Å². The highest BCUT2D eigenvalue weighted by Crippen LogP contribution is 2.23. The van der Waals surface area contributed by atoms with E-state index >= 15 is 0 Å². The highest BCUT2D eigenvalue weighted by molar-refractivity contribution is 7.98. The fourth-order valence-electron chi connectivity index (χ4n) is 1.26. The summed E-state index contributed by atoms with van der Waals surface area (Å²) in [4.78, 5) is 5.45. The summed E-state index contributed by atoms with van der Waals surface area (Å²) in [6.07, 6.45) is 0. The molecule has 0 aliphatic heterocycles. The van der Waals surface area contributed by atoms with Crippen LogP contribution in [0.1, 0.15) is 24.6 Å². The van der Waals surface area contributed by atoms with Gasteiger partial charge in [-0.1, -0.05) is 11.6 Å². The van der Waals surface area contributed by atoms with E-state index < -0.39 is 0 Å². The van der Waals surface area contributed by atoms with Crippen molar-refractivity contribution in [2.75, 3.05) is 0 Å². The highest BCUT2D eigenvalue weighted by atomic mass is 35.5. The van der Waals surface area contributed by atoms with Gasteiger partial charge in [-0.2, -0.15) is 5.10 Å². The summed E-state index contributed by atoms with van der Waals surface area (Å²) in [5.74, 6) is 2.22. The maximum atomic E-state index is 5.82. The summed E-state index contributed by atoms with van der Waals surface area (Å²) in [7, 11) is 0. The fourth-order valence-corrected chi connectivity index (χ4v) is 2.15. The molecule has 17 heavy (non-hydrogen) atoms. The van der Waals surface area contributed by atoms with Crippen molar-refractivity contribution >= 4 is 23.4 Å². The Morgan fingerprint density at radius 2 is 2.12 bits per heavy atom. The lowest BCUT2D eigenvalue weighted by atomic mass is 10.3. The first kappa shape index (κ1) is 12.4. The molecule has 90 valence electrons. The quantitative estimate of drug-likeness (QED) is 0.837. The van der Waals surface area contributed by atoms with Gasteiger partial charge in [0.1, 0.15) is 5.82 Å². The molecule has 0 spiro atoms. The zero-order chi connectivity index (χ0) is 12.3. The predicted octanol–water partition coefficient (Wildman–Crippen LogP) is 2.77. The van der Waals surface area contributed by atoms with Crippen molar-refractivity contribution in [1.82, 2.24) is 15.2 Å². The number of halogens is 1. The van der Waals surface area contributed by atoms with Gasteiger partial charge in [0.25, 0.3) is 0 Å². The van der Waals surface area contributed by atoms with E-state index in [1.807, 2.05) is 31.2 Å². The van der Waals surface area contributed by atoms with Crippen LogP contribution in [-0.4, -0.2) is 15.2 Å². The fraction of sp³-hybridized carbons (Fsp3) is 0.273. The van der Waals surface area contributed by atoms with E-state index in [2.05, 4.69) is 15.2 Å². The number of thioether (sulfide) groups is 1. The molecule has 0 saturated carbocycles. The standard InChI is InChI=1S/C11H13ClN4S/c1-7(13)11-14-10(15-16-11)6-17-9-4-2-8(12)3-5-9/h2-5,7H,6,13H2,1H3,(H,14,15,16). The topological polar surface area (TPSA) is 67.6 Å². The van der Waals surface area contributed by atoms with Crippen LogP contribution in [0.2, 0.25) is 5.02 Å². The number of rotatable bonds is 4. The Kier molecular flexibility index (Phi) is 4.04. The molecule has 4 nitrogen and oxygen atoms in total. The minimum atomic E-state index is -0.138. The monoisotopic (exact) mass is 268 g/mol. The Morgan fingerprint density at radius 3 is 2.71 bits per heavy atom. The second-order valence-corrected chi connectivity index (χ2v) is 5.16. The first-order valence-electron chi connectivity index (χ1n) is 5.20. The normalized spacial score (nSPS) is 12.6. The van der Waals surface area contributed by atoms with Crippen LogP contribution < -0.4 is 5.73 Å². The molecule has 0 fully saturated rings. The van der Waals surface area contributed by atoms with Crippen molar-refractivity contribution in [1.29, 1.82) is 0 Å². The molecule has 0 bridgehead atoms. The van der Waals surface area contributed by atoms with Gasteiger partial charge in [0.05, 0.1) is 11.8 Å². The summed E-state index contributed by atoms with van der Waals surface area (Å²) in [5.41, 5.74) is 5.68. The maximum Gasteiger partial charge on any atom is 0.167 e. The Hall–Kier alpha value is -1.04. The lowest BCUT2D eigenvalue weighted by Crippen LogP contribution is -2.06. The predicted molar refractivity (Wildman–Crippen MR) is 70.0 cm³/mol. The summed E-state index contributed by atoms with van der Waals surface area (Å²) in [6.45, 7) is 1.86. The molecule has 0 amide bonds. The second-order valence-electron chi connectivity index (χ2n) is 3.67. The lowest BCUT2D eigenvalue weighted by molar-refractivity contribution is 0.745. The molecule has 0 aliphatic carbocycles. The molecule has 1 unspecified atom stereocenters. The van der Waals surface area contributed by atoms with Gasteiger partial charge in [0, 0.05) is 9.92 Å². The number of benzene rings is 1. The van der Waals surface area contributed by atoms with Crippen molar-refractivity contribution in [2.24, 2.45) is 5.73 Å². The highest BCUT2D eigenvalue weighted by Gasteiger charge is 2.07. The smallest absolute Gasteiger partial charge is 0.167 e. The van der Waals surface area contributed by atoms with Crippen molar-refractivity contribution < 1.29 is 0 Å². The average molecular weight is 269 g/mol. The third kappa shape index (κ3) is 3.46. The number of nitrogens with one attached hydrogen (secondary N) is 1. The van der Waals surface area contributed by atoms with Crippen LogP contribution >= 0.6 is 23.4 Å². The number of H-pyrrole nitrogens is 1. The number of nitrogens with zero attached hydrogens (tertiary/aromatic N) is 2. The Labute approximate surface area is 109 Å². The van der Waals surface area contributed by atoms with Crippen LogP contribution in [0, 0.1) is 0 Å². The van der Waals surface area contributed by atoms with Crippen molar-refractivity contribution in [3.05, 3.63) is 40.9 Å². The van der Waals surface area contributed by atoms with Crippen LogP contribution in [0.15, 0.2) is 29.2 Å². The summed E-state index contributed by atoms with van der Waals surface area (Å²) >= 11 is 7.49. The van der Waals surface area contributed by atoms with Crippen LogP contribution in [0.5, 0.6) is 0 Å². The average Bonchev–Trinajstić information content (AvgIpc) is 2.77. The third-order valence-corrected chi connectivity index (χ3v) is 3.42. The molecule has 0 radical (unpaired) electrons. The SMILES string of the molecule is CC(N)c1n[nH]c(CSc2ccc(Cl)cc2)n1. The minimum Gasteiger partial charge on any atom is -0.321 e. The minimum absolute atomic E-state index is 0.138. The largest absolute Gasteiger partial charge is 0.321 e. The van der Waals surface area contributed by atoms with Gasteiger partial charge in [-0.3, -0.25) is 5.10 Å². The Balaban J connectivity index is 1.95. The molecule has 1 aromatic carbocycles. The molecule has 2 rings (SSSR count). The van der Waals surface area contributed by atoms with E-state index in [-0.39, 0.29) is 6.04 Å². The first-order valence-corrected chi connectivity index (χ1v) is 6.56. The molecule has 0 saturated heterocycles. The van der Waals surface area contributed by atoms with Crippen LogP contribution in [0.25, 0.3) is 0 Å². The number of aromatic nitrogens is 3.